The zero-order valence-electron chi connectivity index (χ0n) is 11.2. The molecule has 3 heteroatoms. The molecule has 1 aromatic carbocycles. The maximum atomic E-state index is 9.45. The van der Waals surface area contributed by atoms with Gasteiger partial charge in [-0.05, 0) is 55.2 Å². The second-order valence-corrected chi connectivity index (χ2v) is 6.45. The van der Waals surface area contributed by atoms with Crippen molar-refractivity contribution in [2.24, 2.45) is 11.8 Å². The molecule has 2 fully saturated rings. The van der Waals surface area contributed by atoms with Gasteiger partial charge in [-0.25, -0.2) is 0 Å². The minimum atomic E-state index is 0.315. The summed E-state index contributed by atoms with van der Waals surface area (Å²) in [5.74, 6) is 1.20. The number of rotatable bonds is 5. The monoisotopic (exact) mass is 279 g/mol. The van der Waals surface area contributed by atoms with E-state index in [0.29, 0.717) is 24.6 Å². The van der Waals surface area contributed by atoms with Crippen molar-refractivity contribution in [3.8, 4) is 0 Å². The molecule has 0 spiro atoms. The van der Waals surface area contributed by atoms with Crippen LogP contribution in [-0.2, 0) is 0 Å². The highest BCUT2D eigenvalue weighted by molar-refractivity contribution is 6.30. The van der Waals surface area contributed by atoms with Crippen molar-refractivity contribution >= 4 is 11.6 Å². The van der Waals surface area contributed by atoms with E-state index >= 15 is 0 Å². The molecule has 2 aliphatic carbocycles. The molecular weight excluding hydrogens is 258 g/mol. The molecule has 3 rings (SSSR count). The Kier molecular flexibility index (Phi) is 4.11. The van der Waals surface area contributed by atoms with Crippen LogP contribution in [0.3, 0.4) is 0 Å². The van der Waals surface area contributed by atoms with Gasteiger partial charge in [-0.15, -0.1) is 0 Å². The Bertz CT molecular complexity index is 415. The normalized spacial score (nSPS) is 28.5. The molecule has 19 heavy (non-hydrogen) atoms. The standard InChI is InChI=1S/C16H22ClNO/c17-14-8-6-12(7-9-14)16(11-4-5-11)18-15-3-1-2-13(15)10-19/h6-9,11,13,15-16,18-19H,1-5,10H2. The van der Waals surface area contributed by atoms with Crippen molar-refractivity contribution < 1.29 is 5.11 Å². The average Bonchev–Trinajstić information content (AvgIpc) is 3.17. The molecule has 1 aromatic rings. The summed E-state index contributed by atoms with van der Waals surface area (Å²) in [4.78, 5) is 0. The molecule has 0 saturated heterocycles. The Balaban J connectivity index is 1.72. The molecule has 0 aliphatic heterocycles. The first-order valence-electron chi connectivity index (χ1n) is 7.40. The summed E-state index contributed by atoms with van der Waals surface area (Å²) in [7, 11) is 0. The molecule has 0 bridgehead atoms. The van der Waals surface area contributed by atoms with E-state index in [4.69, 9.17) is 11.6 Å². The number of hydrogen-bond acceptors (Lipinski definition) is 2. The molecule has 0 radical (unpaired) electrons. The van der Waals surface area contributed by atoms with Crippen LogP contribution in [0.2, 0.25) is 5.02 Å². The van der Waals surface area contributed by atoms with E-state index in [1.165, 1.54) is 31.2 Å². The zero-order chi connectivity index (χ0) is 13.2. The van der Waals surface area contributed by atoms with Gasteiger partial charge in [0, 0.05) is 23.7 Å². The summed E-state index contributed by atoms with van der Waals surface area (Å²) in [5, 5.41) is 14.1. The number of aliphatic hydroxyl groups is 1. The largest absolute Gasteiger partial charge is 0.396 e. The third-order valence-electron chi connectivity index (χ3n) is 4.61. The van der Waals surface area contributed by atoms with Gasteiger partial charge in [-0.2, -0.15) is 0 Å². The van der Waals surface area contributed by atoms with E-state index < -0.39 is 0 Å². The number of benzene rings is 1. The fourth-order valence-electron chi connectivity index (χ4n) is 3.31. The van der Waals surface area contributed by atoms with Gasteiger partial charge in [0.05, 0.1) is 0 Å². The Morgan fingerprint density at radius 1 is 1.16 bits per heavy atom. The predicted octanol–water partition coefficient (Wildman–Crippen LogP) is 3.54. The second-order valence-electron chi connectivity index (χ2n) is 6.01. The Labute approximate surface area is 120 Å². The molecule has 2 nitrogen and oxygen atoms in total. The van der Waals surface area contributed by atoms with Crippen LogP contribution < -0.4 is 5.32 Å². The SMILES string of the molecule is OCC1CCCC1NC(c1ccc(Cl)cc1)C1CC1. The molecule has 2 saturated carbocycles. The maximum Gasteiger partial charge on any atom is 0.0474 e. The Morgan fingerprint density at radius 3 is 2.53 bits per heavy atom. The molecule has 3 atom stereocenters. The summed E-state index contributed by atoms with van der Waals surface area (Å²) in [5.41, 5.74) is 1.34. The minimum absolute atomic E-state index is 0.315. The highest BCUT2D eigenvalue weighted by Crippen LogP contribution is 2.42. The van der Waals surface area contributed by atoms with Crippen LogP contribution in [-0.4, -0.2) is 17.8 Å². The highest BCUT2D eigenvalue weighted by Gasteiger charge is 2.36. The molecule has 0 aromatic heterocycles. The first-order valence-corrected chi connectivity index (χ1v) is 7.78. The third-order valence-corrected chi connectivity index (χ3v) is 4.86. The Morgan fingerprint density at radius 2 is 1.89 bits per heavy atom. The Hall–Kier alpha value is -0.570. The molecule has 3 unspecified atom stereocenters. The van der Waals surface area contributed by atoms with Crippen molar-refractivity contribution in [1.29, 1.82) is 0 Å². The second kappa shape index (κ2) is 5.82. The van der Waals surface area contributed by atoms with Gasteiger partial charge in [0.25, 0.3) is 0 Å². The molecule has 2 aliphatic rings. The van der Waals surface area contributed by atoms with Gasteiger partial charge < -0.3 is 10.4 Å². The van der Waals surface area contributed by atoms with Crippen molar-refractivity contribution in [2.45, 2.75) is 44.2 Å². The van der Waals surface area contributed by atoms with Crippen molar-refractivity contribution in [3.05, 3.63) is 34.9 Å². The van der Waals surface area contributed by atoms with Crippen LogP contribution in [0, 0.1) is 11.8 Å². The van der Waals surface area contributed by atoms with Crippen LogP contribution in [0.5, 0.6) is 0 Å². The van der Waals surface area contributed by atoms with Gasteiger partial charge in [-0.1, -0.05) is 30.2 Å². The van der Waals surface area contributed by atoms with Gasteiger partial charge >= 0.3 is 0 Å². The molecule has 0 heterocycles. The molecule has 104 valence electrons. The van der Waals surface area contributed by atoms with Gasteiger partial charge in [0.2, 0.25) is 0 Å². The van der Waals surface area contributed by atoms with E-state index in [2.05, 4.69) is 17.4 Å². The fourth-order valence-corrected chi connectivity index (χ4v) is 3.44. The van der Waals surface area contributed by atoms with E-state index in [1.807, 2.05) is 12.1 Å². The topological polar surface area (TPSA) is 32.3 Å². The van der Waals surface area contributed by atoms with E-state index in [1.54, 1.807) is 0 Å². The molecular formula is C16H22ClNO. The summed E-state index contributed by atoms with van der Waals surface area (Å²) < 4.78 is 0. The zero-order valence-corrected chi connectivity index (χ0v) is 11.9. The lowest BCUT2D eigenvalue weighted by Gasteiger charge is -2.27. The first kappa shape index (κ1) is 13.4. The summed E-state index contributed by atoms with van der Waals surface area (Å²) in [6.07, 6.45) is 6.22. The first-order chi connectivity index (χ1) is 9.28. The summed E-state index contributed by atoms with van der Waals surface area (Å²) in [6.45, 7) is 0.315. The van der Waals surface area contributed by atoms with Crippen LogP contribution in [0.4, 0.5) is 0 Å². The van der Waals surface area contributed by atoms with Gasteiger partial charge in [-0.3, -0.25) is 0 Å². The lowest BCUT2D eigenvalue weighted by atomic mass is 9.98. The fraction of sp³-hybridized carbons (Fsp3) is 0.625. The van der Waals surface area contributed by atoms with Crippen molar-refractivity contribution in [3.63, 3.8) is 0 Å². The van der Waals surface area contributed by atoms with Crippen molar-refractivity contribution in [1.82, 2.24) is 5.32 Å². The average molecular weight is 280 g/mol. The maximum absolute atomic E-state index is 9.45. The number of nitrogens with one attached hydrogen (secondary N) is 1. The number of hydrogen-bond donors (Lipinski definition) is 2. The van der Waals surface area contributed by atoms with E-state index in [0.717, 1.165) is 17.4 Å². The number of aliphatic hydroxyl groups excluding tert-OH is 1. The summed E-state index contributed by atoms with van der Waals surface area (Å²) >= 11 is 5.97. The quantitative estimate of drug-likeness (QED) is 0.864. The van der Waals surface area contributed by atoms with E-state index in [-0.39, 0.29) is 0 Å². The predicted molar refractivity (Wildman–Crippen MR) is 78.3 cm³/mol. The van der Waals surface area contributed by atoms with E-state index in [9.17, 15) is 5.11 Å². The third kappa shape index (κ3) is 3.13. The van der Waals surface area contributed by atoms with Crippen LogP contribution >= 0.6 is 11.6 Å². The molecule has 2 N–H and O–H groups in total. The molecule has 0 amide bonds. The number of halogens is 1. The minimum Gasteiger partial charge on any atom is -0.396 e. The van der Waals surface area contributed by atoms with Crippen LogP contribution in [0.1, 0.15) is 43.7 Å². The smallest absolute Gasteiger partial charge is 0.0474 e. The van der Waals surface area contributed by atoms with Gasteiger partial charge in [0.1, 0.15) is 0 Å². The van der Waals surface area contributed by atoms with Crippen LogP contribution in [0.15, 0.2) is 24.3 Å². The lowest BCUT2D eigenvalue weighted by molar-refractivity contribution is 0.197. The summed E-state index contributed by atoms with van der Waals surface area (Å²) in [6, 6.07) is 9.15. The lowest BCUT2D eigenvalue weighted by Crippen LogP contribution is -2.37. The van der Waals surface area contributed by atoms with Crippen LogP contribution in [0.25, 0.3) is 0 Å². The van der Waals surface area contributed by atoms with Gasteiger partial charge in [0.15, 0.2) is 0 Å². The van der Waals surface area contributed by atoms with Crippen molar-refractivity contribution in [2.75, 3.05) is 6.61 Å². The highest BCUT2D eigenvalue weighted by atomic mass is 35.5.